The molecule has 0 saturated carbocycles. The molecule has 2 aromatic carbocycles. The number of halogens is 1. The number of piperidine rings is 1. The average Bonchev–Trinajstić information content (AvgIpc) is 2.88. The van der Waals surface area contributed by atoms with Crippen molar-refractivity contribution in [1.82, 2.24) is 15.6 Å². The quantitative estimate of drug-likeness (QED) is 0.426. The van der Waals surface area contributed by atoms with E-state index >= 15 is 0 Å². The van der Waals surface area contributed by atoms with Gasteiger partial charge in [0.1, 0.15) is 0 Å². The molecule has 7 nitrogen and oxygen atoms in total. The van der Waals surface area contributed by atoms with Gasteiger partial charge in [0.2, 0.25) is 5.91 Å². The third kappa shape index (κ3) is 6.51. The second kappa shape index (κ2) is 11.7. The Bertz CT molecular complexity index is 1140. The highest BCUT2D eigenvalue weighted by Gasteiger charge is 2.29. The van der Waals surface area contributed by atoms with Gasteiger partial charge in [-0.05, 0) is 30.4 Å². The lowest BCUT2D eigenvalue weighted by Gasteiger charge is -2.35. The van der Waals surface area contributed by atoms with Crippen LogP contribution in [-0.2, 0) is 11.2 Å². The number of pyridine rings is 1. The maximum atomic E-state index is 13.1. The molecular formula is C27H29ClN4O3. The van der Waals surface area contributed by atoms with Crippen molar-refractivity contribution in [2.45, 2.75) is 25.3 Å². The number of carbonyl (C=O) groups excluding carboxylic acids is 1. The first-order chi connectivity index (χ1) is 17.0. The Hall–Kier alpha value is -3.58. The molecule has 3 aromatic rings. The topological polar surface area (TPSA) is 94.6 Å². The van der Waals surface area contributed by atoms with Crippen molar-refractivity contribution in [3.63, 3.8) is 0 Å². The summed E-state index contributed by atoms with van der Waals surface area (Å²) in [7, 11) is 0. The molecule has 182 valence electrons. The fraction of sp³-hybridized carbons (Fsp3) is 0.296. The van der Waals surface area contributed by atoms with Crippen molar-refractivity contribution in [2.24, 2.45) is 5.92 Å². The predicted molar refractivity (Wildman–Crippen MR) is 138 cm³/mol. The maximum absolute atomic E-state index is 13.1. The van der Waals surface area contributed by atoms with Crippen molar-refractivity contribution in [1.29, 1.82) is 0 Å². The van der Waals surface area contributed by atoms with Crippen molar-refractivity contribution in [3.8, 4) is 11.1 Å². The Balaban J connectivity index is 1.41. The van der Waals surface area contributed by atoms with Crippen LogP contribution in [0.4, 0.5) is 10.5 Å². The first-order valence-electron chi connectivity index (χ1n) is 11.8. The number of amides is 2. The maximum Gasteiger partial charge on any atom is 0.404 e. The zero-order chi connectivity index (χ0) is 24.6. The van der Waals surface area contributed by atoms with Gasteiger partial charge in [0.05, 0.1) is 16.8 Å². The number of carboxylic acid groups (broad SMARTS) is 1. The molecule has 1 aliphatic rings. The number of benzene rings is 2. The number of carbonyl (C=O) groups is 2. The zero-order valence-corrected chi connectivity index (χ0v) is 20.1. The third-order valence-corrected chi connectivity index (χ3v) is 6.59. The number of nitrogens with zero attached hydrogens (tertiary/aromatic N) is 2. The summed E-state index contributed by atoms with van der Waals surface area (Å²) < 4.78 is 0. The Morgan fingerprint density at radius 1 is 1.03 bits per heavy atom. The standard InChI is InChI=1S/C27H29ClN4O3/c28-24-18-29-17-23(20-9-5-2-6-10-20)25(24)32-13-11-21(12-14-32)26(33)31-22(16-30-27(34)35)15-19-7-3-1-4-8-19/h1-10,17-18,21-22,30H,11-16H2,(H,31,33)(H,34,35). The fourth-order valence-electron chi connectivity index (χ4n) is 4.55. The first kappa shape index (κ1) is 24.5. The average molecular weight is 493 g/mol. The minimum absolute atomic E-state index is 0.0399. The van der Waals surface area contributed by atoms with Crippen LogP contribution in [-0.4, -0.2) is 47.8 Å². The molecule has 1 aromatic heterocycles. The molecule has 3 N–H and O–H groups in total. The van der Waals surface area contributed by atoms with Crippen molar-refractivity contribution < 1.29 is 14.7 Å². The molecule has 0 spiro atoms. The third-order valence-electron chi connectivity index (χ3n) is 6.31. The van der Waals surface area contributed by atoms with E-state index in [-0.39, 0.29) is 24.4 Å². The number of aromatic nitrogens is 1. The molecule has 2 amide bonds. The van der Waals surface area contributed by atoms with Gasteiger partial charge in [0, 0.05) is 43.5 Å². The van der Waals surface area contributed by atoms with Gasteiger partial charge in [-0.1, -0.05) is 72.3 Å². The van der Waals surface area contributed by atoms with Gasteiger partial charge in [-0.2, -0.15) is 0 Å². The zero-order valence-electron chi connectivity index (χ0n) is 19.4. The summed E-state index contributed by atoms with van der Waals surface area (Å²) in [4.78, 5) is 30.6. The number of nitrogens with one attached hydrogen (secondary N) is 2. The van der Waals surface area contributed by atoms with E-state index in [0.29, 0.717) is 37.4 Å². The molecule has 0 radical (unpaired) electrons. The normalized spacial score (nSPS) is 14.8. The minimum Gasteiger partial charge on any atom is -0.465 e. The molecule has 1 saturated heterocycles. The van der Waals surface area contributed by atoms with E-state index in [2.05, 4.69) is 20.5 Å². The summed E-state index contributed by atoms with van der Waals surface area (Å²) in [5.41, 5.74) is 4.01. The number of rotatable bonds is 8. The molecule has 4 rings (SSSR count). The molecule has 1 fully saturated rings. The van der Waals surface area contributed by atoms with Gasteiger partial charge < -0.3 is 20.6 Å². The summed E-state index contributed by atoms with van der Waals surface area (Å²) in [5, 5.41) is 15.1. The van der Waals surface area contributed by atoms with E-state index in [1.54, 1.807) is 6.20 Å². The largest absolute Gasteiger partial charge is 0.465 e. The minimum atomic E-state index is -1.10. The molecule has 1 unspecified atom stereocenters. The summed E-state index contributed by atoms with van der Waals surface area (Å²) >= 11 is 6.58. The predicted octanol–water partition coefficient (Wildman–Crippen LogP) is 4.61. The van der Waals surface area contributed by atoms with Crippen LogP contribution in [0, 0.1) is 5.92 Å². The summed E-state index contributed by atoms with van der Waals surface area (Å²) in [6, 6.07) is 19.4. The SMILES string of the molecule is O=C(O)NCC(Cc1ccccc1)NC(=O)C1CCN(c2c(Cl)cncc2-c2ccccc2)CC1. The van der Waals surface area contributed by atoms with E-state index in [1.165, 1.54) is 0 Å². The summed E-state index contributed by atoms with van der Waals surface area (Å²) in [6.45, 7) is 1.54. The lowest BCUT2D eigenvalue weighted by Crippen LogP contribution is -2.48. The van der Waals surface area contributed by atoms with Gasteiger partial charge in [-0.15, -0.1) is 0 Å². The molecule has 35 heavy (non-hydrogen) atoms. The molecular weight excluding hydrogens is 464 g/mol. The van der Waals surface area contributed by atoms with Crippen LogP contribution in [0.25, 0.3) is 11.1 Å². The monoisotopic (exact) mass is 492 g/mol. The lowest BCUT2D eigenvalue weighted by molar-refractivity contribution is -0.126. The van der Waals surface area contributed by atoms with Crippen molar-refractivity contribution in [2.75, 3.05) is 24.5 Å². The van der Waals surface area contributed by atoms with Gasteiger partial charge in [0.15, 0.2) is 0 Å². The number of hydrogen-bond donors (Lipinski definition) is 3. The van der Waals surface area contributed by atoms with Crippen molar-refractivity contribution in [3.05, 3.63) is 83.6 Å². The van der Waals surface area contributed by atoms with Gasteiger partial charge in [-0.3, -0.25) is 9.78 Å². The Kier molecular flexibility index (Phi) is 8.21. The van der Waals surface area contributed by atoms with E-state index < -0.39 is 6.09 Å². The fourth-order valence-corrected chi connectivity index (χ4v) is 4.82. The molecule has 1 aliphatic heterocycles. The highest BCUT2D eigenvalue weighted by atomic mass is 35.5. The van der Waals surface area contributed by atoms with E-state index in [0.717, 1.165) is 22.4 Å². The van der Waals surface area contributed by atoms with Crippen LogP contribution >= 0.6 is 11.6 Å². The van der Waals surface area contributed by atoms with E-state index in [9.17, 15) is 9.59 Å². The van der Waals surface area contributed by atoms with Gasteiger partial charge in [-0.25, -0.2) is 4.79 Å². The first-order valence-corrected chi connectivity index (χ1v) is 12.1. The number of hydrogen-bond acceptors (Lipinski definition) is 4. The Labute approximate surface area is 210 Å². The van der Waals surface area contributed by atoms with Crippen molar-refractivity contribution >= 4 is 29.3 Å². The van der Waals surface area contributed by atoms with Gasteiger partial charge >= 0.3 is 6.09 Å². The van der Waals surface area contributed by atoms with Crippen LogP contribution in [0.3, 0.4) is 0 Å². The molecule has 0 aliphatic carbocycles. The molecule has 2 heterocycles. The van der Waals surface area contributed by atoms with Crippen LogP contribution in [0.1, 0.15) is 18.4 Å². The van der Waals surface area contributed by atoms with E-state index in [1.807, 2.05) is 66.9 Å². The molecule has 0 bridgehead atoms. The number of anilines is 1. The second-order valence-electron chi connectivity index (χ2n) is 8.73. The molecule has 8 heteroatoms. The Morgan fingerprint density at radius 2 is 1.69 bits per heavy atom. The van der Waals surface area contributed by atoms with Crippen LogP contribution in [0.2, 0.25) is 5.02 Å². The highest BCUT2D eigenvalue weighted by Crippen LogP contribution is 2.38. The lowest BCUT2D eigenvalue weighted by atomic mass is 9.94. The smallest absolute Gasteiger partial charge is 0.404 e. The molecule has 1 atom stereocenters. The van der Waals surface area contributed by atoms with Gasteiger partial charge in [0.25, 0.3) is 0 Å². The summed E-state index contributed by atoms with van der Waals surface area (Å²) in [5.74, 6) is -0.183. The van der Waals surface area contributed by atoms with Crippen LogP contribution < -0.4 is 15.5 Å². The Morgan fingerprint density at radius 3 is 2.34 bits per heavy atom. The summed E-state index contributed by atoms with van der Waals surface area (Å²) in [6.07, 6.45) is 4.31. The van der Waals surface area contributed by atoms with E-state index in [4.69, 9.17) is 16.7 Å². The van der Waals surface area contributed by atoms with Crippen LogP contribution in [0.15, 0.2) is 73.1 Å². The highest BCUT2D eigenvalue weighted by molar-refractivity contribution is 6.33. The second-order valence-corrected chi connectivity index (χ2v) is 9.13. The van der Waals surface area contributed by atoms with Crippen LogP contribution in [0.5, 0.6) is 0 Å².